The molecule has 0 spiro atoms. The highest BCUT2D eigenvalue weighted by Gasteiger charge is 2.09. The lowest BCUT2D eigenvalue weighted by atomic mass is 10.3. The van der Waals surface area contributed by atoms with E-state index in [2.05, 4.69) is 0 Å². The molecule has 1 N–H and O–H groups in total. The van der Waals surface area contributed by atoms with Gasteiger partial charge in [0.1, 0.15) is 12.7 Å². The Morgan fingerprint density at radius 3 is 2.53 bits per heavy atom. The fourth-order valence-electron chi connectivity index (χ4n) is 0.873. The highest BCUT2D eigenvalue weighted by molar-refractivity contribution is 5.76. The Balaban J connectivity index is 3.73. The second kappa shape index (κ2) is 7.99. The molecule has 1 atom stereocenters. The summed E-state index contributed by atoms with van der Waals surface area (Å²) in [7, 11) is 1.51. The Hall–Kier alpha value is -1.36. The molecular weight excluding hydrogens is 200 g/mol. The Kier molecular flexibility index (Phi) is 7.27. The molecule has 0 aromatic rings. The van der Waals surface area contributed by atoms with Crippen molar-refractivity contribution >= 4 is 11.9 Å². The molecule has 0 heterocycles. The van der Waals surface area contributed by atoms with Crippen LogP contribution in [0.2, 0.25) is 0 Å². The summed E-state index contributed by atoms with van der Waals surface area (Å²) in [4.78, 5) is 21.2. The van der Waals surface area contributed by atoms with Crippen molar-refractivity contribution in [3.05, 3.63) is 12.2 Å². The minimum Gasteiger partial charge on any atom is -0.481 e. The van der Waals surface area contributed by atoms with Crippen molar-refractivity contribution in [2.45, 2.75) is 25.9 Å². The molecule has 0 aromatic heterocycles. The van der Waals surface area contributed by atoms with Crippen LogP contribution in [0.4, 0.5) is 0 Å². The lowest BCUT2D eigenvalue weighted by molar-refractivity contribution is -0.149. The van der Waals surface area contributed by atoms with Gasteiger partial charge in [-0.2, -0.15) is 0 Å². The van der Waals surface area contributed by atoms with Crippen LogP contribution in [0, 0.1) is 0 Å². The number of allylic oxidation sites excluding steroid dienone is 1. The van der Waals surface area contributed by atoms with Crippen LogP contribution >= 0.6 is 0 Å². The molecule has 15 heavy (non-hydrogen) atoms. The monoisotopic (exact) mass is 216 g/mol. The van der Waals surface area contributed by atoms with Crippen LogP contribution in [0.25, 0.3) is 0 Å². The van der Waals surface area contributed by atoms with Gasteiger partial charge < -0.3 is 14.6 Å². The van der Waals surface area contributed by atoms with Crippen LogP contribution in [0.3, 0.4) is 0 Å². The maximum Gasteiger partial charge on any atom is 0.306 e. The summed E-state index contributed by atoms with van der Waals surface area (Å²) in [5.41, 5.74) is 0. The van der Waals surface area contributed by atoms with E-state index in [1.807, 2.05) is 6.92 Å². The number of ether oxygens (including phenoxy) is 2. The highest BCUT2D eigenvalue weighted by Crippen LogP contribution is 1.98. The van der Waals surface area contributed by atoms with Crippen molar-refractivity contribution in [3.63, 3.8) is 0 Å². The molecule has 0 saturated carbocycles. The summed E-state index contributed by atoms with van der Waals surface area (Å²) >= 11 is 0. The normalized spacial score (nSPS) is 12.7. The summed E-state index contributed by atoms with van der Waals surface area (Å²) in [6.07, 6.45) is 2.95. The molecule has 0 saturated heterocycles. The quantitative estimate of drug-likeness (QED) is 0.507. The van der Waals surface area contributed by atoms with Gasteiger partial charge in [-0.05, 0) is 6.92 Å². The fraction of sp³-hybridized carbons (Fsp3) is 0.600. The number of carboxylic acid groups (broad SMARTS) is 1. The maximum absolute atomic E-state index is 11.0. The van der Waals surface area contributed by atoms with Gasteiger partial charge >= 0.3 is 11.9 Å². The van der Waals surface area contributed by atoms with Crippen molar-refractivity contribution < 1.29 is 24.2 Å². The van der Waals surface area contributed by atoms with Gasteiger partial charge in [0.25, 0.3) is 0 Å². The number of methoxy groups -OCH3 is 1. The van der Waals surface area contributed by atoms with Gasteiger partial charge in [-0.1, -0.05) is 12.2 Å². The second-order valence-corrected chi connectivity index (χ2v) is 2.88. The average Bonchev–Trinajstić information content (AvgIpc) is 2.21. The van der Waals surface area contributed by atoms with Crippen LogP contribution < -0.4 is 0 Å². The SMILES string of the molecule is CC=CC(COC(=O)CCC(=O)O)OC. The zero-order valence-electron chi connectivity index (χ0n) is 8.93. The molecule has 0 aliphatic rings. The van der Waals surface area contributed by atoms with Crippen molar-refractivity contribution in [3.8, 4) is 0 Å². The van der Waals surface area contributed by atoms with Gasteiger partial charge in [0.15, 0.2) is 0 Å². The molecular formula is C10H16O5. The summed E-state index contributed by atoms with van der Waals surface area (Å²) < 4.78 is 9.81. The summed E-state index contributed by atoms with van der Waals surface area (Å²) in [6, 6.07) is 0. The van der Waals surface area contributed by atoms with Gasteiger partial charge in [0.05, 0.1) is 12.8 Å². The van der Waals surface area contributed by atoms with E-state index in [1.165, 1.54) is 7.11 Å². The van der Waals surface area contributed by atoms with Crippen LogP contribution in [0.1, 0.15) is 19.8 Å². The molecule has 1 unspecified atom stereocenters. The number of carbonyl (C=O) groups is 2. The Morgan fingerprint density at radius 1 is 1.40 bits per heavy atom. The number of carboxylic acids is 1. The molecule has 0 bridgehead atoms. The van der Waals surface area contributed by atoms with E-state index in [0.717, 1.165) is 0 Å². The number of hydrogen-bond acceptors (Lipinski definition) is 4. The number of aliphatic carboxylic acids is 1. The standard InChI is InChI=1S/C10H16O5/c1-3-4-8(14-2)7-15-10(13)6-5-9(11)12/h3-4,8H,5-7H2,1-2H3,(H,11,12). The minimum atomic E-state index is -1.01. The van der Waals surface area contributed by atoms with Crippen molar-refractivity contribution in [1.82, 2.24) is 0 Å². The number of carbonyl (C=O) groups excluding carboxylic acids is 1. The Morgan fingerprint density at radius 2 is 2.07 bits per heavy atom. The molecule has 86 valence electrons. The van der Waals surface area contributed by atoms with Gasteiger partial charge in [-0.3, -0.25) is 9.59 Å². The maximum atomic E-state index is 11.0. The van der Waals surface area contributed by atoms with E-state index in [9.17, 15) is 9.59 Å². The van der Waals surface area contributed by atoms with E-state index in [1.54, 1.807) is 12.2 Å². The molecule has 0 amide bonds. The molecule has 0 aliphatic heterocycles. The first kappa shape index (κ1) is 13.6. The molecule has 0 radical (unpaired) electrons. The second-order valence-electron chi connectivity index (χ2n) is 2.88. The zero-order chi connectivity index (χ0) is 11.7. The first-order valence-corrected chi connectivity index (χ1v) is 4.63. The van der Waals surface area contributed by atoms with E-state index in [-0.39, 0.29) is 25.6 Å². The van der Waals surface area contributed by atoms with Gasteiger partial charge in [-0.25, -0.2) is 0 Å². The number of rotatable bonds is 7. The molecule has 0 aliphatic carbocycles. The first-order chi connectivity index (χ1) is 7.10. The topological polar surface area (TPSA) is 72.8 Å². The fourth-order valence-corrected chi connectivity index (χ4v) is 0.873. The molecule has 5 heteroatoms. The largest absolute Gasteiger partial charge is 0.481 e. The van der Waals surface area contributed by atoms with Gasteiger partial charge in [0, 0.05) is 7.11 Å². The number of esters is 1. The summed E-state index contributed by atoms with van der Waals surface area (Å²) in [6.45, 7) is 1.94. The van der Waals surface area contributed by atoms with Gasteiger partial charge in [0.2, 0.25) is 0 Å². The molecule has 0 fully saturated rings. The third-order valence-corrected chi connectivity index (χ3v) is 1.66. The van der Waals surface area contributed by atoms with Crippen LogP contribution in [0.15, 0.2) is 12.2 Å². The average molecular weight is 216 g/mol. The molecule has 0 aromatic carbocycles. The third-order valence-electron chi connectivity index (χ3n) is 1.66. The van der Waals surface area contributed by atoms with Crippen molar-refractivity contribution in [1.29, 1.82) is 0 Å². The van der Waals surface area contributed by atoms with E-state index < -0.39 is 11.9 Å². The lowest BCUT2D eigenvalue weighted by Gasteiger charge is -2.10. The Bertz CT molecular complexity index is 234. The first-order valence-electron chi connectivity index (χ1n) is 4.63. The smallest absolute Gasteiger partial charge is 0.306 e. The third kappa shape index (κ3) is 7.69. The van der Waals surface area contributed by atoms with Crippen LogP contribution in [0.5, 0.6) is 0 Å². The zero-order valence-corrected chi connectivity index (χ0v) is 8.93. The van der Waals surface area contributed by atoms with Crippen LogP contribution in [-0.2, 0) is 19.1 Å². The summed E-state index contributed by atoms with van der Waals surface area (Å²) in [5, 5.41) is 8.33. The predicted octanol–water partition coefficient (Wildman–Crippen LogP) is 0.986. The van der Waals surface area contributed by atoms with E-state index >= 15 is 0 Å². The number of hydrogen-bond donors (Lipinski definition) is 1. The molecule has 5 nitrogen and oxygen atoms in total. The molecule has 0 rings (SSSR count). The van der Waals surface area contributed by atoms with Crippen molar-refractivity contribution in [2.24, 2.45) is 0 Å². The summed E-state index contributed by atoms with van der Waals surface area (Å²) in [5.74, 6) is -1.53. The van der Waals surface area contributed by atoms with Crippen molar-refractivity contribution in [2.75, 3.05) is 13.7 Å². The van der Waals surface area contributed by atoms with Gasteiger partial charge in [-0.15, -0.1) is 0 Å². The minimum absolute atomic E-state index is 0.110. The van der Waals surface area contributed by atoms with E-state index in [4.69, 9.17) is 14.6 Å². The lowest BCUT2D eigenvalue weighted by Crippen LogP contribution is -2.19. The van der Waals surface area contributed by atoms with Crippen LogP contribution in [-0.4, -0.2) is 36.9 Å². The highest BCUT2D eigenvalue weighted by atomic mass is 16.6. The predicted molar refractivity (Wildman–Crippen MR) is 53.4 cm³/mol. The van der Waals surface area contributed by atoms with E-state index in [0.29, 0.717) is 0 Å². The Labute approximate surface area is 88.7 Å².